The SMILES string of the molecule is C[SiH](C)Oc1ccc([SiH3])c(O[SiH](C)C)c1O[SiH](C)C. The summed E-state index contributed by atoms with van der Waals surface area (Å²) in [5.74, 6) is 2.71. The third kappa shape index (κ3) is 5.17. The summed E-state index contributed by atoms with van der Waals surface area (Å²) in [6.45, 7) is 13.1. The van der Waals surface area contributed by atoms with Crippen molar-refractivity contribution in [2.24, 2.45) is 0 Å². The molecule has 0 aliphatic carbocycles. The van der Waals surface area contributed by atoms with Crippen molar-refractivity contribution in [2.75, 3.05) is 0 Å². The Kier molecular flexibility index (Phi) is 6.37. The van der Waals surface area contributed by atoms with Gasteiger partial charge in [-0.1, -0.05) is 6.07 Å². The van der Waals surface area contributed by atoms with E-state index in [2.05, 4.69) is 51.4 Å². The molecular weight excluding hydrogens is 304 g/mol. The summed E-state index contributed by atoms with van der Waals surface area (Å²) in [5.41, 5.74) is 0. The minimum Gasteiger partial charge on any atom is -0.545 e. The van der Waals surface area contributed by atoms with Gasteiger partial charge in [0.25, 0.3) is 0 Å². The molecule has 19 heavy (non-hydrogen) atoms. The second-order valence-electron chi connectivity index (χ2n) is 5.54. The van der Waals surface area contributed by atoms with Gasteiger partial charge in [-0.25, -0.2) is 0 Å². The van der Waals surface area contributed by atoms with E-state index >= 15 is 0 Å². The molecule has 0 radical (unpaired) electrons. The van der Waals surface area contributed by atoms with Crippen molar-refractivity contribution in [1.82, 2.24) is 0 Å². The van der Waals surface area contributed by atoms with Gasteiger partial charge in [-0.05, 0) is 50.5 Å². The first kappa shape index (κ1) is 16.5. The van der Waals surface area contributed by atoms with Crippen LogP contribution in [0.5, 0.6) is 17.2 Å². The molecule has 0 aromatic heterocycles. The van der Waals surface area contributed by atoms with Crippen molar-refractivity contribution < 1.29 is 13.3 Å². The Morgan fingerprint density at radius 2 is 1.21 bits per heavy atom. The van der Waals surface area contributed by atoms with Crippen LogP contribution in [0.25, 0.3) is 0 Å². The Balaban J connectivity index is 3.23. The van der Waals surface area contributed by atoms with Crippen LogP contribution in [-0.2, 0) is 0 Å². The monoisotopic (exact) mass is 330 g/mol. The molecule has 0 saturated carbocycles. The molecule has 1 rings (SSSR count). The second kappa shape index (κ2) is 7.32. The van der Waals surface area contributed by atoms with Crippen molar-refractivity contribution in [2.45, 2.75) is 39.3 Å². The van der Waals surface area contributed by atoms with Crippen LogP contribution in [0.3, 0.4) is 0 Å². The van der Waals surface area contributed by atoms with Crippen molar-refractivity contribution >= 4 is 42.5 Å². The minimum absolute atomic E-state index is 0.872. The van der Waals surface area contributed by atoms with Crippen LogP contribution in [0.4, 0.5) is 0 Å². The molecule has 0 aliphatic rings. The van der Waals surface area contributed by atoms with Gasteiger partial charge in [-0.3, -0.25) is 0 Å². The standard InChI is InChI=1S/C12H26O3Si4/c1-17(2)13-9-7-8-10(16)12(15-19(5)6)11(9)14-18(3)4/h7-8,17-19H,1-6,16H3. The lowest BCUT2D eigenvalue weighted by Crippen LogP contribution is -2.23. The van der Waals surface area contributed by atoms with Gasteiger partial charge in [0.15, 0.2) is 5.75 Å². The fraction of sp³-hybridized carbons (Fsp3) is 0.500. The predicted octanol–water partition coefficient (Wildman–Crippen LogP) is 0.764. The molecule has 0 saturated heterocycles. The van der Waals surface area contributed by atoms with Gasteiger partial charge in [0.2, 0.25) is 27.1 Å². The molecule has 0 bridgehead atoms. The lowest BCUT2D eigenvalue weighted by atomic mass is 10.3. The van der Waals surface area contributed by atoms with E-state index in [4.69, 9.17) is 13.3 Å². The highest BCUT2D eigenvalue weighted by atomic mass is 28.3. The van der Waals surface area contributed by atoms with E-state index in [0.717, 1.165) is 27.5 Å². The second-order valence-corrected chi connectivity index (χ2v) is 13.6. The van der Waals surface area contributed by atoms with Crippen molar-refractivity contribution in [3.8, 4) is 17.2 Å². The lowest BCUT2D eigenvalue weighted by Gasteiger charge is -2.23. The van der Waals surface area contributed by atoms with Crippen LogP contribution in [0.1, 0.15) is 0 Å². The van der Waals surface area contributed by atoms with Crippen molar-refractivity contribution in [3.63, 3.8) is 0 Å². The van der Waals surface area contributed by atoms with E-state index in [9.17, 15) is 0 Å². The van der Waals surface area contributed by atoms with E-state index in [1.165, 1.54) is 5.19 Å². The highest BCUT2D eigenvalue weighted by molar-refractivity contribution is 6.51. The number of hydrogen-bond donors (Lipinski definition) is 0. The smallest absolute Gasteiger partial charge is 0.229 e. The van der Waals surface area contributed by atoms with Gasteiger partial charge in [0, 0.05) is 10.2 Å². The Hall–Kier alpha value is -0.512. The summed E-state index contributed by atoms with van der Waals surface area (Å²) in [6, 6.07) is 4.18. The molecule has 108 valence electrons. The van der Waals surface area contributed by atoms with Crippen molar-refractivity contribution in [3.05, 3.63) is 12.1 Å². The van der Waals surface area contributed by atoms with E-state index in [0.29, 0.717) is 0 Å². The maximum absolute atomic E-state index is 6.11. The van der Waals surface area contributed by atoms with E-state index in [1.54, 1.807) is 0 Å². The molecule has 1 aromatic rings. The summed E-state index contributed by atoms with van der Waals surface area (Å²) in [4.78, 5) is 0. The molecule has 0 atom stereocenters. The Labute approximate surface area is 124 Å². The highest BCUT2D eigenvalue weighted by Crippen LogP contribution is 2.36. The van der Waals surface area contributed by atoms with Gasteiger partial charge < -0.3 is 13.3 Å². The molecule has 0 heterocycles. The maximum atomic E-state index is 6.11. The van der Waals surface area contributed by atoms with E-state index in [1.807, 2.05) is 0 Å². The Morgan fingerprint density at radius 3 is 1.68 bits per heavy atom. The average molecular weight is 331 g/mol. The lowest BCUT2D eigenvalue weighted by molar-refractivity contribution is 0.476. The fourth-order valence-corrected chi connectivity index (χ4v) is 4.62. The van der Waals surface area contributed by atoms with Crippen LogP contribution in [-0.4, -0.2) is 37.4 Å². The number of hydrogen-bond acceptors (Lipinski definition) is 3. The van der Waals surface area contributed by atoms with Crippen LogP contribution in [0, 0.1) is 0 Å². The molecule has 1 aromatic carbocycles. The van der Waals surface area contributed by atoms with Crippen LogP contribution >= 0.6 is 0 Å². The van der Waals surface area contributed by atoms with Gasteiger partial charge in [0.05, 0.1) is 0 Å². The zero-order chi connectivity index (χ0) is 14.6. The molecular formula is C12H26O3Si4. The number of rotatable bonds is 6. The predicted molar refractivity (Wildman–Crippen MR) is 94.5 cm³/mol. The van der Waals surface area contributed by atoms with Crippen LogP contribution in [0.2, 0.25) is 39.3 Å². The maximum Gasteiger partial charge on any atom is 0.229 e. The molecule has 0 unspecified atom stereocenters. The molecule has 0 fully saturated rings. The Bertz CT molecular complexity index is 422. The first-order chi connectivity index (χ1) is 8.81. The van der Waals surface area contributed by atoms with Crippen LogP contribution < -0.4 is 18.5 Å². The number of benzene rings is 1. The van der Waals surface area contributed by atoms with E-state index in [-0.39, 0.29) is 0 Å². The first-order valence-corrected chi connectivity index (χ1v) is 16.3. The Morgan fingerprint density at radius 1 is 0.737 bits per heavy atom. The summed E-state index contributed by atoms with van der Waals surface area (Å²) >= 11 is 0. The summed E-state index contributed by atoms with van der Waals surface area (Å²) < 4.78 is 18.2. The normalized spacial score (nSPS) is 11.4. The molecule has 0 N–H and O–H groups in total. The van der Waals surface area contributed by atoms with Gasteiger partial charge >= 0.3 is 0 Å². The van der Waals surface area contributed by atoms with Crippen LogP contribution in [0.15, 0.2) is 12.1 Å². The molecule has 0 amide bonds. The topological polar surface area (TPSA) is 27.7 Å². The average Bonchev–Trinajstić information content (AvgIpc) is 2.25. The molecule has 3 nitrogen and oxygen atoms in total. The van der Waals surface area contributed by atoms with E-state index < -0.39 is 27.1 Å². The zero-order valence-corrected chi connectivity index (χ0v) is 18.6. The van der Waals surface area contributed by atoms with Gasteiger partial charge in [0.1, 0.15) is 11.5 Å². The minimum atomic E-state index is -1.18. The summed E-state index contributed by atoms with van der Waals surface area (Å²) in [5, 5.41) is 1.27. The zero-order valence-electron chi connectivity index (χ0n) is 13.1. The third-order valence-electron chi connectivity index (χ3n) is 2.34. The quantitative estimate of drug-likeness (QED) is 0.721. The van der Waals surface area contributed by atoms with Gasteiger partial charge in [-0.15, -0.1) is 0 Å². The molecule has 0 spiro atoms. The molecule has 7 heteroatoms. The fourth-order valence-electron chi connectivity index (χ4n) is 1.72. The summed E-state index contributed by atoms with van der Waals surface area (Å²) in [6.07, 6.45) is 0. The third-order valence-corrected chi connectivity index (χ3v) is 5.27. The highest BCUT2D eigenvalue weighted by Gasteiger charge is 2.18. The summed E-state index contributed by atoms with van der Waals surface area (Å²) in [7, 11) is -2.49. The van der Waals surface area contributed by atoms with Crippen molar-refractivity contribution in [1.29, 1.82) is 0 Å². The largest absolute Gasteiger partial charge is 0.545 e. The molecule has 0 aliphatic heterocycles. The first-order valence-electron chi connectivity index (χ1n) is 6.94. The van der Waals surface area contributed by atoms with Gasteiger partial charge in [-0.2, -0.15) is 0 Å².